The number of anilines is 1. The quantitative estimate of drug-likeness (QED) is 0.609. The number of guanidine groups is 1. The molecule has 0 aliphatic carbocycles. The zero-order chi connectivity index (χ0) is 19.2. The molecule has 150 valence electrons. The van der Waals surface area contributed by atoms with Crippen molar-refractivity contribution in [2.75, 3.05) is 44.7 Å². The van der Waals surface area contributed by atoms with Crippen LogP contribution in [0.15, 0.2) is 23.3 Å². The number of pyridine rings is 1. The summed E-state index contributed by atoms with van der Waals surface area (Å²) in [5.41, 5.74) is 0. The van der Waals surface area contributed by atoms with Gasteiger partial charge in [0.2, 0.25) is 0 Å². The lowest BCUT2D eigenvalue weighted by molar-refractivity contribution is 0.147. The molecule has 0 bridgehead atoms. The molecule has 2 atom stereocenters. The maximum atomic E-state index is 13.9. The molecule has 3 heterocycles. The van der Waals surface area contributed by atoms with Crippen LogP contribution >= 0.6 is 0 Å². The number of nitrogens with one attached hydrogen (secondary N) is 2. The number of hydrogen-bond acceptors (Lipinski definition) is 4. The summed E-state index contributed by atoms with van der Waals surface area (Å²) in [7, 11) is 1.80. The van der Waals surface area contributed by atoms with Crippen molar-refractivity contribution in [3.05, 3.63) is 24.1 Å². The number of piperidine rings is 1. The highest BCUT2D eigenvalue weighted by Crippen LogP contribution is 2.21. The van der Waals surface area contributed by atoms with Crippen LogP contribution in [-0.4, -0.2) is 67.7 Å². The predicted molar refractivity (Wildman–Crippen MR) is 109 cm³/mol. The number of aliphatic imine (C=N–C) groups is 1. The largest absolute Gasteiger partial charge is 0.355 e. The van der Waals surface area contributed by atoms with Gasteiger partial charge in [0, 0.05) is 45.0 Å². The summed E-state index contributed by atoms with van der Waals surface area (Å²) in [6.07, 6.45) is 5.16. The fourth-order valence-corrected chi connectivity index (χ4v) is 3.91. The third kappa shape index (κ3) is 5.31. The Morgan fingerprint density at radius 3 is 2.81 bits per heavy atom. The summed E-state index contributed by atoms with van der Waals surface area (Å²) in [6, 6.07) is 3.81. The lowest BCUT2D eigenvalue weighted by atomic mass is 9.98. The van der Waals surface area contributed by atoms with Crippen LogP contribution in [0.4, 0.5) is 10.2 Å². The average Bonchev–Trinajstić information content (AvgIpc) is 3.14. The molecule has 2 N–H and O–H groups in total. The van der Waals surface area contributed by atoms with Crippen LogP contribution < -0.4 is 15.5 Å². The number of aromatic nitrogens is 1. The molecular formula is C20H33FN6. The van der Waals surface area contributed by atoms with E-state index >= 15 is 0 Å². The zero-order valence-corrected chi connectivity index (χ0v) is 16.8. The Bertz CT molecular complexity index is 629. The van der Waals surface area contributed by atoms with E-state index < -0.39 is 0 Å². The minimum Gasteiger partial charge on any atom is -0.355 e. The molecule has 7 heteroatoms. The molecule has 2 saturated heterocycles. The van der Waals surface area contributed by atoms with Crippen LogP contribution in [0.2, 0.25) is 0 Å². The Morgan fingerprint density at radius 1 is 1.33 bits per heavy atom. The van der Waals surface area contributed by atoms with E-state index in [4.69, 9.17) is 0 Å². The van der Waals surface area contributed by atoms with Crippen molar-refractivity contribution in [3.8, 4) is 0 Å². The molecular weight excluding hydrogens is 343 g/mol. The maximum Gasteiger partial charge on any atom is 0.191 e. The predicted octanol–water partition coefficient (Wildman–Crippen LogP) is 2.08. The van der Waals surface area contributed by atoms with E-state index in [0.29, 0.717) is 11.9 Å². The van der Waals surface area contributed by atoms with Gasteiger partial charge in [-0.3, -0.25) is 9.89 Å². The smallest absolute Gasteiger partial charge is 0.191 e. The second-order valence-corrected chi connectivity index (χ2v) is 7.91. The van der Waals surface area contributed by atoms with Gasteiger partial charge in [-0.2, -0.15) is 0 Å². The molecule has 3 rings (SSSR count). The van der Waals surface area contributed by atoms with E-state index in [0.717, 1.165) is 37.9 Å². The molecule has 1 aromatic heterocycles. The normalized spacial score (nSPS) is 23.5. The summed E-state index contributed by atoms with van der Waals surface area (Å²) in [6.45, 7) is 9.39. The number of halogens is 1. The molecule has 27 heavy (non-hydrogen) atoms. The molecule has 1 aromatic rings. The minimum atomic E-state index is -0.259. The standard InChI is InChI=1S/C20H33FN6/c1-15-6-10-26(11-7-15)16(2)13-24-20(22-3)25-17-8-12-27(14-17)19-18(21)5-4-9-23-19/h4-5,9,15-17H,6-8,10-14H2,1-3H3,(H2,22,24,25). The Labute approximate surface area is 162 Å². The lowest BCUT2D eigenvalue weighted by Gasteiger charge is -2.35. The highest BCUT2D eigenvalue weighted by atomic mass is 19.1. The summed E-state index contributed by atoms with van der Waals surface area (Å²) in [5, 5.41) is 6.94. The Kier molecular flexibility index (Phi) is 6.88. The van der Waals surface area contributed by atoms with E-state index in [1.165, 1.54) is 32.0 Å². The van der Waals surface area contributed by atoms with Crippen LogP contribution in [0, 0.1) is 11.7 Å². The molecule has 0 saturated carbocycles. The Hall–Kier alpha value is -1.89. The second-order valence-electron chi connectivity index (χ2n) is 7.91. The Balaban J connectivity index is 1.45. The van der Waals surface area contributed by atoms with Crippen molar-refractivity contribution in [1.82, 2.24) is 20.5 Å². The van der Waals surface area contributed by atoms with Crippen LogP contribution in [0.5, 0.6) is 0 Å². The van der Waals surface area contributed by atoms with E-state index in [1.54, 1.807) is 19.3 Å². The second kappa shape index (κ2) is 9.35. The van der Waals surface area contributed by atoms with Gasteiger partial charge in [-0.1, -0.05) is 6.92 Å². The van der Waals surface area contributed by atoms with Gasteiger partial charge < -0.3 is 15.5 Å². The monoisotopic (exact) mass is 376 g/mol. The van der Waals surface area contributed by atoms with E-state index in [-0.39, 0.29) is 11.9 Å². The van der Waals surface area contributed by atoms with Gasteiger partial charge in [-0.25, -0.2) is 9.37 Å². The summed E-state index contributed by atoms with van der Waals surface area (Å²) in [5.74, 6) is 1.86. The molecule has 6 nitrogen and oxygen atoms in total. The number of rotatable bonds is 5. The number of nitrogens with zero attached hydrogens (tertiary/aromatic N) is 4. The van der Waals surface area contributed by atoms with Crippen molar-refractivity contribution in [2.45, 2.75) is 45.2 Å². The molecule has 2 fully saturated rings. The van der Waals surface area contributed by atoms with Crippen LogP contribution in [0.3, 0.4) is 0 Å². The van der Waals surface area contributed by atoms with Crippen molar-refractivity contribution in [1.29, 1.82) is 0 Å². The van der Waals surface area contributed by atoms with E-state index in [1.807, 2.05) is 4.90 Å². The number of hydrogen-bond donors (Lipinski definition) is 2. The van der Waals surface area contributed by atoms with Crippen LogP contribution in [0.25, 0.3) is 0 Å². The molecule has 2 unspecified atom stereocenters. The van der Waals surface area contributed by atoms with E-state index in [9.17, 15) is 4.39 Å². The first kappa shape index (κ1) is 19.9. The molecule has 2 aliphatic rings. The molecule has 0 aromatic carbocycles. The summed E-state index contributed by atoms with van der Waals surface area (Å²) in [4.78, 5) is 13.1. The minimum absolute atomic E-state index is 0.240. The van der Waals surface area contributed by atoms with Crippen molar-refractivity contribution in [2.24, 2.45) is 10.9 Å². The molecule has 0 amide bonds. The molecule has 0 spiro atoms. The van der Waals surface area contributed by atoms with Crippen molar-refractivity contribution >= 4 is 11.8 Å². The molecule has 2 aliphatic heterocycles. The van der Waals surface area contributed by atoms with Gasteiger partial charge in [-0.05, 0) is 57.3 Å². The van der Waals surface area contributed by atoms with E-state index in [2.05, 4.69) is 39.4 Å². The van der Waals surface area contributed by atoms with Gasteiger partial charge in [0.25, 0.3) is 0 Å². The van der Waals surface area contributed by atoms with Crippen LogP contribution in [-0.2, 0) is 0 Å². The third-order valence-corrected chi connectivity index (χ3v) is 5.80. The SMILES string of the molecule is CN=C(NCC(C)N1CCC(C)CC1)NC1CCN(c2ncccc2F)C1. The molecule has 0 radical (unpaired) electrons. The summed E-state index contributed by atoms with van der Waals surface area (Å²) < 4.78 is 13.9. The van der Waals surface area contributed by atoms with Gasteiger partial charge in [-0.15, -0.1) is 0 Å². The third-order valence-electron chi connectivity index (χ3n) is 5.80. The summed E-state index contributed by atoms with van der Waals surface area (Å²) >= 11 is 0. The van der Waals surface area contributed by atoms with Gasteiger partial charge in [0.1, 0.15) is 0 Å². The highest BCUT2D eigenvalue weighted by molar-refractivity contribution is 5.80. The van der Waals surface area contributed by atoms with Crippen molar-refractivity contribution in [3.63, 3.8) is 0 Å². The number of likely N-dealkylation sites (tertiary alicyclic amines) is 1. The van der Waals surface area contributed by atoms with Gasteiger partial charge in [0.05, 0.1) is 0 Å². The first-order chi connectivity index (χ1) is 13.1. The highest BCUT2D eigenvalue weighted by Gasteiger charge is 2.26. The lowest BCUT2D eigenvalue weighted by Crippen LogP contribution is -2.50. The topological polar surface area (TPSA) is 55.8 Å². The Morgan fingerprint density at radius 2 is 2.11 bits per heavy atom. The first-order valence-electron chi connectivity index (χ1n) is 10.1. The first-order valence-corrected chi connectivity index (χ1v) is 10.1. The zero-order valence-electron chi connectivity index (χ0n) is 16.8. The van der Waals surface area contributed by atoms with Gasteiger partial charge >= 0.3 is 0 Å². The van der Waals surface area contributed by atoms with Gasteiger partial charge in [0.15, 0.2) is 17.6 Å². The maximum absolute atomic E-state index is 13.9. The fourth-order valence-electron chi connectivity index (χ4n) is 3.91. The fraction of sp³-hybridized carbons (Fsp3) is 0.700. The van der Waals surface area contributed by atoms with Crippen LogP contribution in [0.1, 0.15) is 33.1 Å². The van der Waals surface area contributed by atoms with Crippen molar-refractivity contribution < 1.29 is 4.39 Å². The average molecular weight is 377 g/mol.